The van der Waals surface area contributed by atoms with E-state index in [9.17, 15) is 4.79 Å². The number of hydrogen-bond acceptors (Lipinski definition) is 3. The summed E-state index contributed by atoms with van der Waals surface area (Å²) in [5, 5.41) is 3.64. The molecule has 0 heterocycles. The Hall–Kier alpha value is -1.03. The summed E-state index contributed by atoms with van der Waals surface area (Å²) in [6.45, 7) is 2.22. The van der Waals surface area contributed by atoms with Gasteiger partial charge in [-0.1, -0.05) is 6.42 Å². The molecule has 1 N–H and O–H groups in total. The molecule has 2 bridgehead atoms. The second-order valence-electron chi connectivity index (χ2n) is 5.84. The summed E-state index contributed by atoms with van der Waals surface area (Å²) < 4.78 is 5.95. The smallest absolute Gasteiger partial charge is 0.338 e. The lowest BCUT2D eigenvalue weighted by Crippen LogP contribution is -2.26. The van der Waals surface area contributed by atoms with Gasteiger partial charge in [0, 0.05) is 16.2 Å². The van der Waals surface area contributed by atoms with E-state index in [0.29, 0.717) is 18.2 Å². The van der Waals surface area contributed by atoms with Gasteiger partial charge in [0.05, 0.1) is 12.2 Å². The standard InChI is InChI=1S/C16H20BrNO2/c1-2-20-16(19)12-5-6-14(13(17)9-12)18-15-8-10-3-4-11(15)7-10/h5-6,9-11,15,18H,2-4,7-8H2,1H3. The fourth-order valence-corrected chi connectivity index (χ4v) is 4.09. The fraction of sp³-hybridized carbons (Fsp3) is 0.562. The first-order valence-electron chi connectivity index (χ1n) is 7.40. The van der Waals surface area contributed by atoms with E-state index in [1.165, 1.54) is 25.7 Å². The maximum absolute atomic E-state index is 11.7. The molecular formula is C16H20BrNO2. The number of rotatable bonds is 4. The molecule has 0 saturated heterocycles. The highest BCUT2D eigenvalue weighted by atomic mass is 79.9. The van der Waals surface area contributed by atoms with Crippen molar-refractivity contribution < 1.29 is 9.53 Å². The Bertz CT molecular complexity index is 517. The molecule has 108 valence electrons. The lowest BCUT2D eigenvalue weighted by Gasteiger charge is -2.24. The van der Waals surface area contributed by atoms with E-state index in [-0.39, 0.29) is 5.97 Å². The average molecular weight is 338 g/mol. The number of nitrogens with one attached hydrogen (secondary N) is 1. The van der Waals surface area contributed by atoms with Gasteiger partial charge in [-0.15, -0.1) is 0 Å². The van der Waals surface area contributed by atoms with Gasteiger partial charge < -0.3 is 10.1 Å². The molecule has 2 saturated carbocycles. The molecule has 1 aromatic carbocycles. The summed E-state index contributed by atoms with van der Waals surface area (Å²) in [6.07, 6.45) is 5.44. The summed E-state index contributed by atoms with van der Waals surface area (Å²) in [5.74, 6) is 1.49. The molecule has 0 radical (unpaired) electrons. The van der Waals surface area contributed by atoms with Gasteiger partial charge in [-0.05, 0) is 72.2 Å². The number of esters is 1. The predicted octanol–water partition coefficient (Wildman–Crippen LogP) is 4.23. The van der Waals surface area contributed by atoms with Crippen LogP contribution in [0.2, 0.25) is 0 Å². The van der Waals surface area contributed by atoms with Crippen molar-refractivity contribution in [3.63, 3.8) is 0 Å². The van der Waals surface area contributed by atoms with E-state index in [1.54, 1.807) is 0 Å². The molecule has 3 rings (SSSR count). The number of ether oxygens (including phenoxy) is 1. The van der Waals surface area contributed by atoms with Crippen LogP contribution in [0.25, 0.3) is 0 Å². The minimum atomic E-state index is -0.264. The molecule has 2 aliphatic rings. The normalized spacial score (nSPS) is 27.6. The maximum atomic E-state index is 11.7. The van der Waals surface area contributed by atoms with E-state index in [4.69, 9.17) is 4.74 Å². The van der Waals surface area contributed by atoms with Crippen LogP contribution in [0, 0.1) is 11.8 Å². The van der Waals surface area contributed by atoms with Crippen LogP contribution >= 0.6 is 15.9 Å². The second-order valence-corrected chi connectivity index (χ2v) is 6.70. The highest BCUT2D eigenvalue weighted by molar-refractivity contribution is 9.10. The zero-order valence-electron chi connectivity index (χ0n) is 11.7. The highest BCUT2D eigenvalue weighted by Crippen LogP contribution is 2.46. The van der Waals surface area contributed by atoms with Gasteiger partial charge in [0.2, 0.25) is 0 Å². The number of carbonyl (C=O) groups is 1. The van der Waals surface area contributed by atoms with E-state index in [1.807, 2.05) is 25.1 Å². The topological polar surface area (TPSA) is 38.3 Å². The van der Waals surface area contributed by atoms with Gasteiger partial charge in [-0.3, -0.25) is 0 Å². The largest absolute Gasteiger partial charge is 0.462 e. The van der Waals surface area contributed by atoms with Gasteiger partial charge in [0.15, 0.2) is 0 Å². The Labute approximate surface area is 128 Å². The summed E-state index contributed by atoms with van der Waals surface area (Å²) in [6, 6.07) is 6.24. The lowest BCUT2D eigenvalue weighted by atomic mass is 9.95. The first-order valence-corrected chi connectivity index (χ1v) is 8.20. The number of halogens is 1. The predicted molar refractivity (Wildman–Crippen MR) is 83.0 cm³/mol. The third-order valence-corrected chi connectivity index (χ3v) is 5.22. The van der Waals surface area contributed by atoms with Gasteiger partial charge in [0.1, 0.15) is 0 Å². The van der Waals surface area contributed by atoms with Gasteiger partial charge in [0.25, 0.3) is 0 Å². The molecule has 20 heavy (non-hydrogen) atoms. The van der Waals surface area contributed by atoms with Crippen molar-refractivity contribution in [3.05, 3.63) is 28.2 Å². The van der Waals surface area contributed by atoms with Crippen LogP contribution in [0.4, 0.5) is 5.69 Å². The summed E-state index contributed by atoms with van der Waals surface area (Å²) in [7, 11) is 0. The van der Waals surface area contributed by atoms with E-state index in [0.717, 1.165) is 22.0 Å². The van der Waals surface area contributed by atoms with E-state index < -0.39 is 0 Å². The van der Waals surface area contributed by atoms with Crippen molar-refractivity contribution in [3.8, 4) is 0 Å². The molecule has 0 aromatic heterocycles. The quantitative estimate of drug-likeness (QED) is 0.835. The Morgan fingerprint density at radius 1 is 1.40 bits per heavy atom. The van der Waals surface area contributed by atoms with Gasteiger partial charge in [-0.2, -0.15) is 0 Å². The van der Waals surface area contributed by atoms with Crippen LogP contribution in [0.15, 0.2) is 22.7 Å². The Morgan fingerprint density at radius 2 is 2.25 bits per heavy atom. The van der Waals surface area contributed by atoms with Gasteiger partial charge in [-0.25, -0.2) is 4.79 Å². The van der Waals surface area contributed by atoms with Crippen molar-refractivity contribution in [2.24, 2.45) is 11.8 Å². The first-order chi connectivity index (χ1) is 9.67. The monoisotopic (exact) mass is 337 g/mol. The van der Waals surface area contributed by atoms with Crippen LogP contribution in [0.1, 0.15) is 43.0 Å². The lowest BCUT2D eigenvalue weighted by molar-refractivity contribution is 0.0526. The molecule has 0 aliphatic heterocycles. The van der Waals surface area contributed by atoms with Crippen LogP contribution < -0.4 is 5.32 Å². The maximum Gasteiger partial charge on any atom is 0.338 e. The Morgan fingerprint density at radius 3 is 2.85 bits per heavy atom. The molecule has 0 amide bonds. The number of anilines is 1. The third-order valence-electron chi connectivity index (χ3n) is 4.56. The number of carbonyl (C=O) groups excluding carboxylic acids is 1. The van der Waals surface area contributed by atoms with Crippen molar-refractivity contribution in [1.29, 1.82) is 0 Å². The molecule has 3 atom stereocenters. The van der Waals surface area contributed by atoms with Crippen LogP contribution in [0.3, 0.4) is 0 Å². The number of benzene rings is 1. The minimum Gasteiger partial charge on any atom is -0.462 e. The SMILES string of the molecule is CCOC(=O)c1ccc(NC2CC3CCC2C3)c(Br)c1. The zero-order chi connectivity index (χ0) is 14.1. The first kappa shape index (κ1) is 13.9. The second kappa shape index (κ2) is 5.76. The third kappa shape index (κ3) is 2.71. The Balaban J connectivity index is 1.70. The molecule has 3 unspecified atom stereocenters. The molecule has 1 aromatic rings. The summed E-state index contributed by atoms with van der Waals surface area (Å²) in [5.41, 5.74) is 1.67. The van der Waals surface area contributed by atoms with Crippen LogP contribution in [0.5, 0.6) is 0 Å². The molecule has 2 fully saturated rings. The fourth-order valence-electron chi connectivity index (χ4n) is 3.59. The summed E-state index contributed by atoms with van der Waals surface area (Å²) in [4.78, 5) is 11.7. The number of hydrogen-bond donors (Lipinski definition) is 1. The zero-order valence-corrected chi connectivity index (χ0v) is 13.3. The van der Waals surface area contributed by atoms with Crippen molar-refractivity contribution >= 4 is 27.6 Å². The number of fused-ring (bicyclic) bond motifs is 2. The van der Waals surface area contributed by atoms with Crippen LogP contribution in [-0.4, -0.2) is 18.6 Å². The summed E-state index contributed by atoms with van der Waals surface area (Å²) >= 11 is 3.56. The Kier molecular flexibility index (Phi) is 4.01. The van der Waals surface area contributed by atoms with Crippen molar-refractivity contribution in [2.45, 2.75) is 38.6 Å². The van der Waals surface area contributed by atoms with Crippen molar-refractivity contribution in [1.82, 2.24) is 0 Å². The molecular weight excluding hydrogens is 318 g/mol. The molecule has 4 heteroatoms. The highest BCUT2D eigenvalue weighted by Gasteiger charge is 2.39. The molecule has 3 nitrogen and oxygen atoms in total. The minimum absolute atomic E-state index is 0.264. The van der Waals surface area contributed by atoms with E-state index >= 15 is 0 Å². The van der Waals surface area contributed by atoms with Crippen LogP contribution in [-0.2, 0) is 4.74 Å². The van der Waals surface area contributed by atoms with Crippen molar-refractivity contribution in [2.75, 3.05) is 11.9 Å². The molecule has 0 spiro atoms. The van der Waals surface area contributed by atoms with Gasteiger partial charge >= 0.3 is 5.97 Å². The average Bonchev–Trinajstić information content (AvgIpc) is 3.03. The van der Waals surface area contributed by atoms with E-state index in [2.05, 4.69) is 21.2 Å². The molecule has 2 aliphatic carbocycles.